The number of rotatable bonds is 3. The van der Waals surface area contributed by atoms with Gasteiger partial charge >= 0.3 is 6.09 Å². The Kier molecular flexibility index (Phi) is 3.44. The van der Waals surface area contributed by atoms with E-state index in [-0.39, 0.29) is 12.2 Å². The number of amides is 1. The molecule has 0 aromatic carbocycles. The summed E-state index contributed by atoms with van der Waals surface area (Å²) in [5.74, 6) is 0.633. The second kappa shape index (κ2) is 4.59. The van der Waals surface area contributed by atoms with Crippen molar-refractivity contribution in [2.75, 3.05) is 7.05 Å². The van der Waals surface area contributed by atoms with Crippen molar-refractivity contribution in [3.05, 3.63) is 12.2 Å². The molecule has 0 saturated heterocycles. The maximum absolute atomic E-state index is 11.3. The standard InChI is InChI=1S/C8H14N4O2/c1-6(2)14-8(13)12(3)4-7-9-5-10-11-7/h5-6H,4H2,1-3H3,(H,9,10,11). The lowest BCUT2D eigenvalue weighted by Crippen LogP contribution is -2.29. The highest BCUT2D eigenvalue weighted by molar-refractivity contribution is 5.67. The van der Waals surface area contributed by atoms with Gasteiger partial charge in [0.25, 0.3) is 0 Å². The first kappa shape index (κ1) is 10.5. The zero-order chi connectivity index (χ0) is 10.6. The van der Waals surface area contributed by atoms with E-state index in [2.05, 4.69) is 15.2 Å². The molecule has 1 amide bonds. The van der Waals surface area contributed by atoms with Crippen molar-refractivity contribution in [3.8, 4) is 0 Å². The molecule has 0 aliphatic rings. The number of H-pyrrole nitrogens is 1. The fourth-order valence-corrected chi connectivity index (χ4v) is 0.888. The van der Waals surface area contributed by atoms with Crippen LogP contribution in [0.3, 0.4) is 0 Å². The molecule has 0 fully saturated rings. The Balaban J connectivity index is 2.42. The Morgan fingerprint density at radius 1 is 1.71 bits per heavy atom. The number of hydrogen-bond acceptors (Lipinski definition) is 4. The number of carbonyl (C=O) groups is 1. The van der Waals surface area contributed by atoms with Gasteiger partial charge < -0.3 is 9.64 Å². The van der Waals surface area contributed by atoms with Crippen molar-refractivity contribution < 1.29 is 9.53 Å². The molecule has 78 valence electrons. The lowest BCUT2D eigenvalue weighted by molar-refractivity contribution is 0.0816. The molecule has 1 heterocycles. The normalized spacial score (nSPS) is 10.3. The molecule has 6 heteroatoms. The summed E-state index contributed by atoms with van der Waals surface area (Å²) in [7, 11) is 1.65. The minimum absolute atomic E-state index is 0.111. The molecule has 0 radical (unpaired) electrons. The SMILES string of the molecule is CC(C)OC(=O)N(C)Cc1ncn[nH]1. The zero-order valence-electron chi connectivity index (χ0n) is 8.52. The predicted molar refractivity (Wildman–Crippen MR) is 49.5 cm³/mol. The van der Waals surface area contributed by atoms with Crippen LogP contribution in [0.1, 0.15) is 19.7 Å². The first-order valence-corrected chi connectivity index (χ1v) is 4.35. The van der Waals surface area contributed by atoms with Crippen molar-refractivity contribution in [1.29, 1.82) is 0 Å². The van der Waals surface area contributed by atoms with Gasteiger partial charge in [-0.2, -0.15) is 5.10 Å². The molecule has 0 unspecified atom stereocenters. The van der Waals surface area contributed by atoms with Crippen molar-refractivity contribution in [2.45, 2.75) is 26.5 Å². The van der Waals surface area contributed by atoms with Crippen LogP contribution in [0.15, 0.2) is 6.33 Å². The maximum atomic E-state index is 11.3. The average Bonchev–Trinajstić information content (AvgIpc) is 2.55. The van der Waals surface area contributed by atoms with Gasteiger partial charge in [0.2, 0.25) is 0 Å². The van der Waals surface area contributed by atoms with Crippen LogP contribution in [-0.4, -0.2) is 39.3 Å². The summed E-state index contributed by atoms with van der Waals surface area (Å²) >= 11 is 0. The van der Waals surface area contributed by atoms with Crippen LogP contribution < -0.4 is 0 Å². The second-order valence-electron chi connectivity index (χ2n) is 3.22. The Morgan fingerprint density at radius 3 is 2.93 bits per heavy atom. The molecule has 0 saturated carbocycles. The van der Waals surface area contributed by atoms with Crippen LogP contribution in [-0.2, 0) is 11.3 Å². The lowest BCUT2D eigenvalue weighted by atomic mass is 10.5. The molecule has 1 N–H and O–H groups in total. The Labute approximate surface area is 82.3 Å². The Hall–Kier alpha value is -1.59. The molecular weight excluding hydrogens is 184 g/mol. The minimum Gasteiger partial charge on any atom is -0.447 e. The van der Waals surface area contributed by atoms with Gasteiger partial charge in [0.1, 0.15) is 12.2 Å². The third-order valence-electron chi connectivity index (χ3n) is 1.50. The van der Waals surface area contributed by atoms with E-state index >= 15 is 0 Å². The highest BCUT2D eigenvalue weighted by atomic mass is 16.6. The van der Waals surface area contributed by atoms with E-state index in [1.54, 1.807) is 20.9 Å². The summed E-state index contributed by atoms with van der Waals surface area (Å²) in [5, 5.41) is 6.35. The Bertz CT molecular complexity index is 284. The molecule has 0 bridgehead atoms. The van der Waals surface area contributed by atoms with Crippen molar-refractivity contribution in [2.24, 2.45) is 0 Å². The number of aromatic amines is 1. The zero-order valence-corrected chi connectivity index (χ0v) is 8.52. The highest BCUT2D eigenvalue weighted by Gasteiger charge is 2.12. The second-order valence-corrected chi connectivity index (χ2v) is 3.22. The van der Waals surface area contributed by atoms with Crippen LogP contribution in [0.5, 0.6) is 0 Å². The van der Waals surface area contributed by atoms with E-state index in [0.29, 0.717) is 12.4 Å². The van der Waals surface area contributed by atoms with Crippen LogP contribution in [0.25, 0.3) is 0 Å². The minimum atomic E-state index is -0.364. The van der Waals surface area contributed by atoms with Gasteiger partial charge in [0.15, 0.2) is 0 Å². The van der Waals surface area contributed by atoms with Gasteiger partial charge in [-0.3, -0.25) is 5.10 Å². The molecular formula is C8H14N4O2. The lowest BCUT2D eigenvalue weighted by Gasteiger charge is -2.17. The van der Waals surface area contributed by atoms with Crippen molar-refractivity contribution >= 4 is 6.09 Å². The molecule has 0 atom stereocenters. The number of nitrogens with zero attached hydrogens (tertiary/aromatic N) is 3. The molecule has 0 aliphatic carbocycles. The third kappa shape index (κ3) is 3.04. The number of ether oxygens (including phenoxy) is 1. The van der Waals surface area contributed by atoms with Gasteiger partial charge in [-0.05, 0) is 13.8 Å². The van der Waals surface area contributed by atoms with E-state index in [4.69, 9.17) is 4.74 Å². The summed E-state index contributed by atoms with van der Waals surface area (Å²) in [4.78, 5) is 16.7. The average molecular weight is 198 g/mol. The monoisotopic (exact) mass is 198 g/mol. The van der Waals surface area contributed by atoms with Gasteiger partial charge in [-0.25, -0.2) is 9.78 Å². The van der Waals surface area contributed by atoms with Crippen molar-refractivity contribution in [1.82, 2.24) is 20.1 Å². The van der Waals surface area contributed by atoms with E-state index in [1.165, 1.54) is 11.2 Å². The first-order chi connectivity index (χ1) is 6.59. The molecule has 0 aliphatic heterocycles. The van der Waals surface area contributed by atoms with Gasteiger partial charge in [0, 0.05) is 7.05 Å². The molecule has 14 heavy (non-hydrogen) atoms. The molecule has 1 aromatic heterocycles. The van der Waals surface area contributed by atoms with Crippen LogP contribution in [0.4, 0.5) is 4.79 Å². The van der Waals surface area contributed by atoms with Crippen molar-refractivity contribution in [3.63, 3.8) is 0 Å². The number of carbonyl (C=O) groups excluding carboxylic acids is 1. The van der Waals surface area contributed by atoms with E-state index < -0.39 is 0 Å². The quantitative estimate of drug-likeness (QED) is 0.779. The summed E-state index contributed by atoms with van der Waals surface area (Å²) in [5.41, 5.74) is 0. The summed E-state index contributed by atoms with van der Waals surface area (Å²) in [6.45, 7) is 3.98. The van der Waals surface area contributed by atoms with Gasteiger partial charge in [-0.15, -0.1) is 0 Å². The topological polar surface area (TPSA) is 71.1 Å². The highest BCUT2D eigenvalue weighted by Crippen LogP contribution is 1.99. The summed E-state index contributed by atoms with van der Waals surface area (Å²) in [6.07, 6.45) is 0.924. The predicted octanol–water partition coefficient (Wildman–Crippen LogP) is 0.781. The van der Waals surface area contributed by atoms with Gasteiger partial charge in [-0.1, -0.05) is 0 Å². The summed E-state index contributed by atoms with van der Waals surface area (Å²) < 4.78 is 4.99. The Morgan fingerprint density at radius 2 is 2.43 bits per heavy atom. The first-order valence-electron chi connectivity index (χ1n) is 4.35. The molecule has 0 spiro atoms. The molecule has 6 nitrogen and oxygen atoms in total. The smallest absolute Gasteiger partial charge is 0.410 e. The number of aromatic nitrogens is 3. The van der Waals surface area contributed by atoms with E-state index in [1.807, 2.05) is 0 Å². The van der Waals surface area contributed by atoms with Crippen LogP contribution in [0.2, 0.25) is 0 Å². The number of hydrogen-bond donors (Lipinski definition) is 1. The maximum Gasteiger partial charge on any atom is 0.410 e. The molecule has 1 aromatic rings. The van der Waals surface area contributed by atoms with Crippen LogP contribution >= 0.6 is 0 Å². The fraction of sp³-hybridized carbons (Fsp3) is 0.625. The number of nitrogens with one attached hydrogen (secondary N) is 1. The fourth-order valence-electron chi connectivity index (χ4n) is 0.888. The largest absolute Gasteiger partial charge is 0.447 e. The molecule has 1 rings (SSSR count). The summed E-state index contributed by atoms with van der Waals surface area (Å²) in [6, 6.07) is 0. The van der Waals surface area contributed by atoms with Crippen LogP contribution in [0, 0.1) is 0 Å². The van der Waals surface area contributed by atoms with E-state index in [9.17, 15) is 4.79 Å². The third-order valence-corrected chi connectivity index (χ3v) is 1.50. The van der Waals surface area contributed by atoms with E-state index in [0.717, 1.165) is 0 Å². The van der Waals surface area contributed by atoms with Gasteiger partial charge in [0.05, 0.1) is 12.6 Å².